The summed E-state index contributed by atoms with van der Waals surface area (Å²) < 4.78 is 25.9. The first-order valence-electron chi connectivity index (χ1n) is 6.68. The number of halogens is 1. The normalized spacial score (nSPS) is 15.1. The zero-order valence-corrected chi connectivity index (χ0v) is 14.1. The second kappa shape index (κ2) is 6.26. The van der Waals surface area contributed by atoms with Crippen molar-refractivity contribution in [1.82, 2.24) is 0 Å². The van der Waals surface area contributed by atoms with Gasteiger partial charge in [-0.2, -0.15) is 0 Å². The zero-order chi connectivity index (χ0) is 14.8. The third kappa shape index (κ3) is 3.06. The van der Waals surface area contributed by atoms with Crippen LogP contribution in [0, 0.1) is 6.92 Å². The van der Waals surface area contributed by atoms with Crippen LogP contribution in [0.15, 0.2) is 26.7 Å². The van der Waals surface area contributed by atoms with Gasteiger partial charge in [-0.15, -0.1) is 0 Å². The zero-order valence-electron chi connectivity index (χ0n) is 11.6. The second-order valence-electron chi connectivity index (χ2n) is 4.84. The summed E-state index contributed by atoms with van der Waals surface area (Å²) in [7, 11) is -3.29. The molecule has 110 valence electrons. The maximum absolute atomic E-state index is 12.5. The van der Waals surface area contributed by atoms with Crippen LogP contribution in [0.5, 0.6) is 0 Å². The van der Waals surface area contributed by atoms with E-state index < -0.39 is 9.84 Å². The van der Waals surface area contributed by atoms with Crippen LogP contribution in [0.25, 0.3) is 0 Å². The Morgan fingerprint density at radius 1 is 1.40 bits per heavy atom. The van der Waals surface area contributed by atoms with Gasteiger partial charge in [0, 0.05) is 16.5 Å². The van der Waals surface area contributed by atoms with Crippen LogP contribution in [-0.4, -0.2) is 26.5 Å². The van der Waals surface area contributed by atoms with Crippen molar-refractivity contribution in [3.63, 3.8) is 0 Å². The first kappa shape index (κ1) is 15.5. The Balaban J connectivity index is 2.56. The lowest BCUT2D eigenvalue weighted by Crippen LogP contribution is -2.14. The van der Waals surface area contributed by atoms with E-state index in [0.29, 0.717) is 29.9 Å². The number of oxime groups is 1. The van der Waals surface area contributed by atoms with E-state index in [2.05, 4.69) is 21.1 Å². The predicted octanol–water partition coefficient (Wildman–Crippen LogP) is 3.46. The van der Waals surface area contributed by atoms with Crippen molar-refractivity contribution in [2.75, 3.05) is 12.4 Å². The number of hydrogen-bond acceptors (Lipinski definition) is 4. The molecule has 6 heteroatoms. The van der Waals surface area contributed by atoms with Gasteiger partial charge in [0.2, 0.25) is 0 Å². The van der Waals surface area contributed by atoms with Gasteiger partial charge < -0.3 is 4.84 Å². The average molecular weight is 360 g/mol. The molecule has 0 amide bonds. The lowest BCUT2D eigenvalue weighted by atomic mass is 10.0. The lowest BCUT2D eigenvalue weighted by molar-refractivity contribution is 0.174. The van der Waals surface area contributed by atoms with Crippen molar-refractivity contribution in [2.24, 2.45) is 5.16 Å². The van der Waals surface area contributed by atoms with E-state index in [9.17, 15) is 8.42 Å². The van der Waals surface area contributed by atoms with Gasteiger partial charge in [-0.05, 0) is 31.0 Å². The Labute approximate surface area is 128 Å². The minimum atomic E-state index is -3.29. The second-order valence-corrected chi connectivity index (χ2v) is 7.77. The number of unbranched alkanes of at least 4 members (excludes halogenated alkanes) is 1. The molecule has 0 aliphatic carbocycles. The summed E-state index contributed by atoms with van der Waals surface area (Å²) in [5.41, 5.74) is 2.32. The largest absolute Gasteiger partial charge is 0.395 e. The molecule has 0 saturated heterocycles. The molecular formula is C14H18BrNO3S. The molecule has 2 rings (SSSR count). The van der Waals surface area contributed by atoms with Gasteiger partial charge in [0.05, 0.1) is 16.4 Å². The quantitative estimate of drug-likeness (QED) is 0.808. The highest BCUT2D eigenvalue weighted by atomic mass is 79.9. The van der Waals surface area contributed by atoms with Crippen LogP contribution in [-0.2, 0) is 14.7 Å². The van der Waals surface area contributed by atoms with Gasteiger partial charge in [0.25, 0.3) is 0 Å². The minimum Gasteiger partial charge on any atom is -0.395 e. The fourth-order valence-corrected chi connectivity index (χ4v) is 4.28. The van der Waals surface area contributed by atoms with Crippen LogP contribution in [0.2, 0.25) is 0 Å². The molecule has 0 radical (unpaired) electrons. The van der Waals surface area contributed by atoms with Crippen molar-refractivity contribution < 1.29 is 13.3 Å². The first-order chi connectivity index (χ1) is 9.47. The monoisotopic (exact) mass is 359 g/mol. The van der Waals surface area contributed by atoms with Crippen molar-refractivity contribution in [3.8, 4) is 0 Å². The number of sulfone groups is 1. The molecule has 0 bridgehead atoms. The Morgan fingerprint density at radius 2 is 2.15 bits per heavy atom. The Hall–Kier alpha value is -0.880. The van der Waals surface area contributed by atoms with Crippen LogP contribution in [0.4, 0.5) is 0 Å². The van der Waals surface area contributed by atoms with E-state index in [0.717, 1.165) is 22.2 Å². The molecule has 0 unspecified atom stereocenters. The molecule has 0 atom stereocenters. The first-order valence-corrected chi connectivity index (χ1v) is 9.13. The molecule has 0 N–H and O–H groups in total. The summed E-state index contributed by atoms with van der Waals surface area (Å²) in [6.45, 7) is 4.40. The van der Waals surface area contributed by atoms with E-state index in [4.69, 9.17) is 4.84 Å². The van der Waals surface area contributed by atoms with Crippen LogP contribution >= 0.6 is 15.9 Å². The molecule has 1 aromatic rings. The fraction of sp³-hybridized carbons (Fsp3) is 0.500. The Morgan fingerprint density at radius 3 is 2.75 bits per heavy atom. The molecule has 0 aromatic heterocycles. The highest BCUT2D eigenvalue weighted by molar-refractivity contribution is 9.10. The van der Waals surface area contributed by atoms with Gasteiger partial charge in [-0.25, -0.2) is 8.42 Å². The Bertz CT molecular complexity index is 638. The molecule has 20 heavy (non-hydrogen) atoms. The van der Waals surface area contributed by atoms with Crippen LogP contribution in [0.3, 0.4) is 0 Å². The van der Waals surface area contributed by atoms with Gasteiger partial charge in [-0.1, -0.05) is 34.4 Å². The molecule has 0 saturated carbocycles. The highest BCUT2D eigenvalue weighted by Gasteiger charge is 2.25. The summed E-state index contributed by atoms with van der Waals surface area (Å²) in [6.07, 6.45) is 2.17. The SMILES string of the molecule is CCCCS(=O)(=O)c1ccc(Br)c(C)c1C1=NOCC1. The summed E-state index contributed by atoms with van der Waals surface area (Å²) in [6, 6.07) is 3.45. The van der Waals surface area contributed by atoms with Gasteiger partial charge in [-0.3, -0.25) is 0 Å². The van der Waals surface area contributed by atoms with Crippen molar-refractivity contribution in [1.29, 1.82) is 0 Å². The molecule has 1 aliphatic rings. The molecular weight excluding hydrogens is 342 g/mol. The minimum absolute atomic E-state index is 0.172. The third-order valence-corrected chi connectivity index (χ3v) is 6.05. The molecule has 0 fully saturated rings. The topological polar surface area (TPSA) is 55.7 Å². The number of hydrogen-bond donors (Lipinski definition) is 0. The highest BCUT2D eigenvalue weighted by Crippen LogP contribution is 2.30. The Kier molecular flexibility index (Phi) is 4.86. The summed E-state index contributed by atoms with van der Waals surface area (Å²) in [5.74, 6) is 0.172. The molecule has 0 spiro atoms. The summed E-state index contributed by atoms with van der Waals surface area (Å²) >= 11 is 3.46. The van der Waals surface area contributed by atoms with Gasteiger partial charge in [0.1, 0.15) is 6.61 Å². The summed E-state index contributed by atoms with van der Waals surface area (Å²) in [5, 5.41) is 3.99. The lowest BCUT2D eigenvalue weighted by Gasteiger charge is -2.13. The van der Waals surface area contributed by atoms with E-state index in [1.54, 1.807) is 12.1 Å². The number of nitrogens with zero attached hydrogens (tertiary/aromatic N) is 1. The van der Waals surface area contributed by atoms with Crippen LogP contribution < -0.4 is 0 Å². The smallest absolute Gasteiger partial charge is 0.179 e. The van der Waals surface area contributed by atoms with E-state index in [1.807, 2.05) is 13.8 Å². The maximum Gasteiger partial charge on any atom is 0.179 e. The van der Waals surface area contributed by atoms with Crippen molar-refractivity contribution in [2.45, 2.75) is 38.0 Å². The molecule has 4 nitrogen and oxygen atoms in total. The van der Waals surface area contributed by atoms with E-state index in [-0.39, 0.29) is 5.75 Å². The number of benzene rings is 1. The van der Waals surface area contributed by atoms with E-state index >= 15 is 0 Å². The van der Waals surface area contributed by atoms with Crippen molar-refractivity contribution in [3.05, 3.63) is 27.7 Å². The van der Waals surface area contributed by atoms with Crippen molar-refractivity contribution >= 4 is 31.5 Å². The standard InChI is InChI=1S/C14H18BrNO3S/c1-3-4-9-20(17,18)13-6-5-11(15)10(2)14(13)12-7-8-19-16-12/h5-6H,3-4,7-9H2,1-2H3. The van der Waals surface area contributed by atoms with Gasteiger partial charge in [0.15, 0.2) is 9.84 Å². The molecule has 1 aliphatic heterocycles. The third-order valence-electron chi connectivity index (χ3n) is 3.36. The average Bonchev–Trinajstić information content (AvgIpc) is 2.93. The molecule has 1 heterocycles. The summed E-state index contributed by atoms with van der Waals surface area (Å²) in [4.78, 5) is 5.40. The van der Waals surface area contributed by atoms with Crippen LogP contribution in [0.1, 0.15) is 37.3 Å². The predicted molar refractivity (Wildman–Crippen MR) is 82.9 cm³/mol. The molecule has 1 aromatic carbocycles. The maximum atomic E-state index is 12.5. The van der Waals surface area contributed by atoms with Gasteiger partial charge >= 0.3 is 0 Å². The fourth-order valence-electron chi connectivity index (χ4n) is 2.21. The van der Waals surface area contributed by atoms with E-state index in [1.165, 1.54) is 0 Å². The number of rotatable bonds is 5.